The van der Waals surface area contributed by atoms with Crippen molar-refractivity contribution in [3.63, 3.8) is 0 Å². The number of nitrogens with zero attached hydrogens (tertiary/aromatic N) is 1. The number of methoxy groups -OCH3 is 2. The zero-order chi connectivity index (χ0) is 17.5. The highest BCUT2D eigenvalue weighted by molar-refractivity contribution is 5.82. The van der Waals surface area contributed by atoms with Crippen molar-refractivity contribution < 1.29 is 14.3 Å². The Morgan fingerprint density at radius 2 is 1.64 bits per heavy atom. The van der Waals surface area contributed by atoms with Crippen molar-refractivity contribution in [3.8, 4) is 11.5 Å². The molecule has 6 nitrogen and oxygen atoms in total. The van der Waals surface area contributed by atoms with Gasteiger partial charge in [-0.25, -0.2) is 9.83 Å². The first-order chi connectivity index (χ1) is 12.3. The number of amidine groups is 1. The van der Waals surface area contributed by atoms with Gasteiger partial charge in [-0.2, -0.15) is 0 Å². The quantitative estimate of drug-likeness (QED) is 0.723. The molecule has 1 aliphatic rings. The second-order valence-corrected chi connectivity index (χ2v) is 5.70. The number of nitrogens with one attached hydrogen (secondary N) is 2. The lowest BCUT2D eigenvalue weighted by Crippen LogP contribution is -2.23. The Labute approximate surface area is 147 Å². The van der Waals surface area contributed by atoms with Gasteiger partial charge in [-0.15, -0.1) is 0 Å². The van der Waals surface area contributed by atoms with Crippen LogP contribution in [-0.2, 0) is 11.4 Å². The van der Waals surface area contributed by atoms with E-state index in [9.17, 15) is 0 Å². The molecule has 0 saturated carbocycles. The second-order valence-electron chi connectivity index (χ2n) is 5.70. The maximum absolute atomic E-state index is 5.53. The van der Waals surface area contributed by atoms with Crippen molar-refractivity contribution in [2.24, 2.45) is 4.99 Å². The number of rotatable bonds is 8. The van der Waals surface area contributed by atoms with E-state index >= 15 is 0 Å². The molecule has 1 aliphatic heterocycles. The van der Waals surface area contributed by atoms with Gasteiger partial charge in [0, 0.05) is 25.1 Å². The summed E-state index contributed by atoms with van der Waals surface area (Å²) in [6.45, 7) is 1.62. The van der Waals surface area contributed by atoms with E-state index in [4.69, 9.17) is 14.3 Å². The van der Waals surface area contributed by atoms with Crippen LogP contribution in [0.3, 0.4) is 0 Å². The highest BCUT2D eigenvalue weighted by Gasteiger charge is 2.19. The maximum Gasteiger partial charge on any atom is 0.202 e. The largest absolute Gasteiger partial charge is 0.497 e. The van der Waals surface area contributed by atoms with E-state index in [0.29, 0.717) is 0 Å². The van der Waals surface area contributed by atoms with Gasteiger partial charge in [0.05, 0.1) is 14.2 Å². The SMILES string of the molecule is COc1ccc(CNCCC2=NC(c3ccc(OC)cc3)ON2)cc1. The van der Waals surface area contributed by atoms with Gasteiger partial charge in [0.25, 0.3) is 0 Å². The highest BCUT2D eigenvalue weighted by Crippen LogP contribution is 2.24. The van der Waals surface area contributed by atoms with E-state index in [1.165, 1.54) is 5.56 Å². The average Bonchev–Trinajstić information content (AvgIpc) is 3.15. The molecule has 0 saturated heterocycles. The lowest BCUT2D eigenvalue weighted by Gasteiger charge is -2.07. The van der Waals surface area contributed by atoms with E-state index in [1.807, 2.05) is 36.4 Å². The molecular weight excluding hydrogens is 318 g/mol. The molecule has 0 fully saturated rings. The van der Waals surface area contributed by atoms with Gasteiger partial charge in [-0.1, -0.05) is 24.3 Å². The standard InChI is InChI=1S/C19H23N3O3/c1-23-16-7-3-14(4-8-16)13-20-12-11-18-21-19(25-22-18)15-5-9-17(24-2)10-6-15/h3-10,19-20H,11-13H2,1-2H3,(H,21,22). The van der Waals surface area contributed by atoms with Crippen LogP contribution >= 0.6 is 0 Å². The van der Waals surface area contributed by atoms with Crippen molar-refractivity contribution in [2.45, 2.75) is 19.2 Å². The van der Waals surface area contributed by atoms with E-state index in [1.54, 1.807) is 14.2 Å². The normalized spacial score (nSPS) is 16.2. The van der Waals surface area contributed by atoms with E-state index in [-0.39, 0.29) is 6.23 Å². The van der Waals surface area contributed by atoms with E-state index in [2.05, 4.69) is 27.9 Å². The lowest BCUT2D eigenvalue weighted by molar-refractivity contribution is 0.0370. The predicted molar refractivity (Wildman–Crippen MR) is 96.7 cm³/mol. The number of hydroxylamine groups is 1. The fourth-order valence-corrected chi connectivity index (χ4v) is 2.53. The van der Waals surface area contributed by atoms with Gasteiger partial charge in [-0.3, -0.25) is 5.48 Å². The molecule has 1 unspecified atom stereocenters. The monoisotopic (exact) mass is 341 g/mol. The van der Waals surface area contributed by atoms with Gasteiger partial charge in [0.1, 0.15) is 17.3 Å². The van der Waals surface area contributed by atoms with Crippen LogP contribution in [-0.4, -0.2) is 26.6 Å². The molecule has 0 aromatic heterocycles. The third kappa shape index (κ3) is 4.71. The third-order valence-corrected chi connectivity index (χ3v) is 3.99. The van der Waals surface area contributed by atoms with Crippen LogP contribution in [0.2, 0.25) is 0 Å². The maximum atomic E-state index is 5.53. The van der Waals surface area contributed by atoms with Crippen molar-refractivity contribution in [1.82, 2.24) is 10.8 Å². The molecule has 132 valence electrons. The minimum absolute atomic E-state index is 0.303. The lowest BCUT2D eigenvalue weighted by atomic mass is 10.2. The van der Waals surface area contributed by atoms with Crippen molar-refractivity contribution >= 4 is 5.84 Å². The summed E-state index contributed by atoms with van der Waals surface area (Å²) in [5.74, 6) is 2.54. The van der Waals surface area contributed by atoms with E-state index < -0.39 is 0 Å². The van der Waals surface area contributed by atoms with Gasteiger partial charge >= 0.3 is 0 Å². The number of hydrogen-bond acceptors (Lipinski definition) is 6. The molecule has 6 heteroatoms. The highest BCUT2D eigenvalue weighted by atomic mass is 16.7. The van der Waals surface area contributed by atoms with Crippen LogP contribution in [0.4, 0.5) is 0 Å². The summed E-state index contributed by atoms with van der Waals surface area (Å²) in [5, 5.41) is 3.40. The van der Waals surface area contributed by atoms with Crippen LogP contribution in [0.15, 0.2) is 53.5 Å². The third-order valence-electron chi connectivity index (χ3n) is 3.99. The number of ether oxygens (including phenoxy) is 2. The van der Waals surface area contributed by atoms with Crippen LogP contribution in [0.5, 0.6) is 11.5 Å². The van der Waals surface area contributed by atoms with Crippen molar-refractivity contribution in [3.05, 3.63) is 59.7 Å². The Hall–Kier alpha value is -2.57. The minimum atomic E-state index is -0.303. The van der Waals surface area contributed by atoms with Gasteiger partial charge in [-0.05, 0) is 29.8 Å². The molecule has 2 aromatic carbocycles. The zero-order valence-corrected chi connectivity index (χ0v) is 14.5. The van der Waals surface area contributed by atoms with E-state index in [0.717, 1.165) is 42.4 Å². The summed E-state index contributed by atoms with van der Waals surface area (Å²) in [7, 11) is 3.32. The molecule has 0 spiro atoms. The Kier molecular flexibility index (Phi) is 5.87. The molecule has 3 rings (SSSR count). The Balaban J connectivity index is 1.43. The predicted octanol–water partition coefficient (Wildman–Crippen LogP) is 2.82. The molecule has 0 aliphatic carbocycles. The Morgan fingerprint density at radius 3 is 2.28 bits per heavy atom. The fourth-order valence-electron chi connectivity index (χ4n) is 2.53. The number of hydrogen-bond donors (Lipinski definition) is 2. The summed E-state index contributed by atoms with van der Waals surface area (Å²) < 4.78 is 10.3. The van der Waals surface area contributed by atoms with Gasteiger partial charge < -0.3 is 14.8 Å². The first kappa shape index (κ1) is 17.3. The molecule has 2 aromatic rings. The molecule has 0 bridgehead atoms. The smallest absolute Gasteiger partial charge is 0.202 e. The van der Waals surface area contributed by atoms with Crippen LogP contribution in [0, 0.1) is 0 Å². The molecule has 25 heavy (non-hydrogen) atoms. The first-order valence-electron chi connectivity index (χ1n) is 8.24. The molecule has 1 heterocycles. The molecular formula is C19H23N3O3. The number of aliphatic imine (C=N–C) groups is 1. The first-order valence-corrected chi connectivity index (χ1v) is 8.24. The zero-order valence-electron chi connectivity index (χ0n) is 14.5. The summed E-state index contributed by atoms with van der Waals surface area (Å²) >= 11 is 0. The fraction of sp³-hybridized carbons (Fsp3) is 0.316. The molecule has 1 atom stereocenters. The molecule has 0 radical (unpaired) electrons. The summed E-state index contributed by atoms with van der Waals surface area (Å²) in [6.07, 6.45) is 0.477. The van der Waals surface area contributed by atoms with Crippen LogP contribution in [0.25, 0.3) is 0 Å². The summed E-state index contributed by atoms with van der Waals surface area (Å²) in [4.78, 5) is 10.1. The van der Waals surface area contributed by atoms with Crippen LogP contribution < -0.4 is 20.3 Å². The topological polar surface area (TPSA) is 64.1 Å². The van der Waals surface area contributed by atoms with Gasteiger partial charge in [0.2, 0.25) is 6.23 Å². The summed E-state index contributed by atoms with van der Waals surface area (Å²) in [6, 6.07) is 15.8. The number of benzene rings is 2. The van der Waals surface area contributed by atoms with Crippen molar-refractivity contribution in [2.75, 3.05) is 20.8 Å². The van der Waals surface area contributed by atoms with Crippen molar-refractivity contribution in [1.29, 1.82) is 0 Å². The Morgan fingerprint density at radius 1 is 1.00 bits per heavy atom. The average molecular weight is 341 g/mol. The molecule has 0 amide bonds. The summed E-state index contributed by atoms with van der Waals surface area (Å²) in [5.41, 5.74) is 5.12. The Bertz CT molecular complexity index is 699. The van der Waals surface area contributed by atoms with Crippen LogP contribution in [0.1, 0.15) is 23.8 Å². The minimum Gasteiger partial charge on any atom is -0.497 e. The van der Waals surface area contributed by atoms with Gasteiger partial charge in [0.15, 0.2) is 0 Å². The second kappa shape index (κ2) is 8.50. The molecule has 2 N–H and O–H groups in total.